The topological polar surface area (TPSA) is 87.9 Å². The van der Waals surface area contributed by atoms with Crippen LogP contribution in [0.15, 0.2) is 70.2 Å². The summed E-state index contributed by atoms with van der Waals surface area (Å²) in [5, 5.41) is 0. The molecule has 2 heterocycles. The van der Waals surface area contributed by atoms with Crippen LogP contribution in [0.5, 0.6) is 0 Å². The van der Waals surface area contributed by atoms with E-state index in [1.54, 1.807) is 18.2 Å². The van der Waals surface area contributed by atoms with Crippen LogP contribution in [-0.4, -0.2) is 56.2 Å². The molecule has 1 aliphatic rings. The van der Waals surface area contributed by atoms with Gasteiger partial charge in [0.25, 0.3) is 11.8 Å². The number of carbonyl (C=O) groups is 2. The third-order valence-electron chi connectivity index (χ3n) is 5.41. The molecule has 2 aromatic carbocycles. The number of hydrogen-bond acceptors (Lipinski definition) is 5. The van der Waals surface area contributed by atoms with Crippen molar-refractivity contribution in [3.05, 3.63) is 89.4 Å². The van der Waals surface area contributed by atoms with Gasteiger partial charge in [-0.15, -0.1) is 0 Å². The molecule has 4 rings (SSSR count). The van der Waals surface area contributed by atoms with E-state index >= 15 is 0 Å². The highest BCUT2D eigenvalue weighted by molar-refractivity contribution is 7.90. The molecule has 0 radical (unpaired) electrons. The lowest BCUT2D eigenvalue weighted by atomic mass is 10.1. The summed E-state index contributed by atoms with van der Waals surface area (Å²) in [5.74, 6) is -3.53. The molecule has 0 N–H and O–H groups in total. The average molecular weight is 474 g/mol. The molecule has 7 nitrogen and oxygen atoms in total. The van der Waals surface area contributed by atoms with Crippen LogP contribution in [0.3, 0.4) is 0 Å². The number of carbonyl (C=O) groups excluding carboxylic acids is 2. The Morgan fingerprint density at radius 1 is 0.848 bits per heavy atom. The van der Waals surface area contributed by atoms with Crippen molar-refractivity contribution < 1.29 is 31.2 Å². The molecular weight excluding hydrogens is 454 g/mol. The summed E-state index contributed by atoms with van der Waals surface area (Å²) < 4.78 is 57.3. The highest BCUT2D eigenvalue weighted by atomic mass is 32.2. The maximum Gasteiger partial charge on any atom is 0.289 e. The molecule has 1 aromatic heterocycles. The Hall–Kier alpha value is -3.53. The van der Waals surface area contributed by atoms with Gasteiger partial charge in [0.1, 0.15) is 0 Å². The molecule has 0 bridgehead atoms. The second-order valence-corrected chi connectivity index (χ2v) is 9.55. The summed E-state index contributed by atoms with van der Waals surface area (Å²) in [6.07, 6.45) is 1.27. The second-order valence-electron chi connectivity index (χ2n) is 7.56. The number of sulfone groups is 1. The van der Waals surface area contributed by atoms with Gasteiger partial charge in [0.15, 0.2) is 27.2 Å². The standard InChI is InChI=1S/C23H20F2N2O5S/c24-19-7-6-16(14-20(19)25)22(28)26-9-11-27(12-10-26)23(29)21-17(8-13-32-21)15-33(30,31)18-4-2-1-3-5-18/h1-8,13-14H,9-12,15H2. The summed E-state index contributed by atoms with van der Waals surface area (Å²) in [4.78, 5) is 28.6. The molecule has 0 atom stereocenters. The zero-order valence-corrected chi connectivity index (χ0v) is 18.2. The highest BCUT2D eigenvalue weighted by Crippen LogP contribution is 2.22. The van der Waals surface area contributed by atoms with Gasteiger partial charge >= 0.3 is 0 Å². The van der Waals surface area contributed by atoms with Crippen LogP contribution < -0.4 is 0 Å². The first-order valence-electron chi connectivity index (χ1n) is 10.1. The van der Waals surface area contributed by atoms with Gasteiger partial charge in [-0.2, -0.15) is 0 Å². The molecule has 0 aliphatic carbocycles. The lowest BCUT2D eigenvalue weighted by Crippen LogP contribution is -2.50. The van der Waals surface area contributed by atoms with Crippen molar-refractivity contribution in [1.82, 2.24) is 9.80 Å². The maximum atomic E-state index is 13.4. The third kappa shape index (κ3) is 4.80. The van der Waals surface area contributed by atoms with E-state index in [0.29, 0.717) is 0 Å². The Bertz CT molecular complexity index is 1280. The van der Waals surface area contributed by atoms with Crippen LogP contribution in [0, 0.1) is 11.6 Å². The second kappa shape index (κ2) is 9.14. The normalized spacial score (nSPS) is 14.4. The SMILES string of the molecule is O=C(c1ccc(F)c(F)c1)N1CCN(C(=O)c2occc2CS(=O)(=O)c2ccccc2)CC1. The van der Waals surface area contributed by atoms with E-state index in [-0.39, 0.29) is 53.7 Å². The Balaban J connectivity index is 1.42. The fourth-order valence-electron chi connectivity index (χ4n) is 3.62. The molecule has 1 aliphatic heterocycles. The van der Waals surface area contributed by atoms with Crippen LogP contribution in [0.4, 0.5) is 8.78 Å². The molecule has 2 amide bonds. The zero-order valence-electron chi connectivity index (χ0n) is 17.4. The van der Waals surface area contributed by atoms with Crippen LogP contribution in [0.2, 0.25) is 0 Å². The number of halogens is 2. The van der Waals surface area contributed by atoms with Gasteiger partial charge in [-0.3, -0.25) is 9.59 Å². The first-order valence-corrected chi connectivity index (χ1v) is 11.8. The van der Waals surface area contributed by atoms with E-state index in [2.05, 4.69) is 0 Å². The minimum atomic E-state index is -3.67. The molecule has 1 fully saturated rings. The molecule has 1 saturated heterocycles. The van der Waals surface area contributed by atoms with Crippen molar-refractivity contribution in [2.24, 2.45) is 0 Å². The Morgan fingerprint density at radius 3 is 2.12 bits per heavy atom. The summed E-state index contributed by atoms with van der Waals surface area (Å²) in [6.45, 7) is 0.726. The Kier molecular flexibility index (Phi) is 6.28. The lowest BCUT2D eigenvalue weighted by molar-refractivity contribution is 0.0517. The van der Waals surface area contributed by atoms with Gasteiger partial charge in [-0.25, -0.2) is 17.2 Å². The van der Waals surface area contributed by atoms with Crippen molar-refractivity contribution in [3.8, 4) is 0 Å². The summed E-state index contributed by atoms with van der Waals surface area (Å²) in [7, 11) is -3.67. The van der Waals surface area contributed by atoms with Gasteiger partial charge in [-0.1, -0.05) is 18.2 Å². The maximum absolute atomic E-state index is 13.4. The van der Waals surface area contributed by atoms with Crippen LogP contribution in [0.1, 0.15) is 26.5 Å². The Labute approximate surface area is 189 Å². The number of amides is 2. The lowest BCUT2D eigenvalue weighted by Gasteiger charge is -2.34. The third-order valence-corrected chi connectivity index (χ3v) is 7.09. The zero-order chi connectivity index (χ0) is 23.6. The molecule has 172 valence electrons. The Morgan fingerprint density at radius 2 is 1.48 bits per heavy atom. The molecule has 0 unspecified atom stereocenters. The fraction of sp³-hybridized carbons (Fsp3) is 0.217. The number of rotatable bonds is 5. The fourth-order valence-corrected chi connectivity index (χ4v) is 5.00. The monoisotopic (exact) mass is 474 g/mol. The molecule has 3 aromatic rings. The number of benzene rings is 2. The van der Waals surface area contributed by atoms with Crippen molar-refractivity contribution in [2.75, 3.05) is 26.2 Å². The van der Waals surface area contributed by atoms with Crippen LogP contribution in [0.25, 0.3) is 0 Å². The number of piperazine rings is 1. The van der Waals surface area contributed by atoms with Crippen molar-refractivity contribution >= 4 is 21.7 Å². The van der Waals surface area contributed by atoms with Gasteiger partial charge < -0.3 is 14.2 Å². The van der Waals surface area contributed by atoms with Crippen molar-refractivity contribution in [1.29, 1.82) is 0 Å². The quantitative estimate of drug-likeness (QED) is 0.567. The minimum Gasteiger partial charge on any atom is -0.459 e. The number of hydrogen-bond donors (Lipinski definition) is 0. The summed E-state index contributed by atoms with van der Waals surface area (Å²) >= 11 is 0. The van der Waals surface area contributed by atoms with E-state index in [0.717, 1.165) is 12.1 Å². The number of furan rings is 1. The largest absolute Gasteiger partial charge is 0.459 e. The molecule has 0 spiro atoms. The van der Waals surface area contributed by atoms with E-state index < -0.39 is 33.3 Å². The molecule has 0 saturated carbocycles. The molecule has 33 heavy (non-hydrogen) atoms. The van der Waals surface area contributed by atoms with Crippen LogP contribution >= 0.6 is 0 Å². The van der Waals surface area contributed by atoms with Gasteiger partial charge in [0.05, 0.1) is 16.9 Å². The summed E-state index contributed by atoms with van der Waals surface area (Å²) in [6, 6.07) is 12.3. The average Bonchev–Trinajstić information content (AvgIpc) is 3.28. The number of nitrogens with zero attached hydrogens (tertiary/aromatic N) is 2. The van der Waals surface area contributed by atoms with Crippen molar-refractivity contribution in [2.45, 2.75) is 10.6 Å². The predicted molar refractivity (Wildman–Crippen MR) is 114 cm³/mol. The smallest absolute Gasteiger partial charge is 0.289 e. The minimum absolute atomic E-state index is 0.0214. The molecular formula is C23H20F2N2O5S. The molecule has 10 heteroatoms. The van der Waals surface area contributed by atoms with E-state index in [9.17, 15) is 26.8 Å². The van der Waals surface area contributed by atoms with Crippen LogP contribution in [-0.2, 0) is 15.6 Å². The van der Waals surface area contributed by atoms with Gasteiger partial charge in [0.2, 0.25) is 0 Å². The first kappa shape index (κ1) is 22.7. The van der Waals surface area contributed by atoms with Crippen molar-refractivity contribution in [3.63, 3.8) is 0 Å². The van der Waals surface area contributed by atoms with E-state index in [1.807, 2.05) is 0 Å². The predicted octanol–water partition coefficient (Wildman–Crippen LogP) is 3.13. The van der Waals surface area contributed by atoms with E-state index in [1.165, 1.54) is 40.3 Å². The van der Waals surface area contributed by atoms with Gasteiger partial charge in [0, 0.05) is 37.3 Å². The highest BCUT2D eigenvalue weighted by Gasteiger charge is 2.30. The first-order chi connectivity index (χ1) is 15.8. The van der Waals surface area contributed by atoms with E-state index in [4.69, 9.17) is 4.42 Å². The van der Waals surface area contributed by atoms with Gasteiger partial charge in [-0.05, 0) is 36.4 Å². The summed E-state index contributed by atoms with van der Waals surface area (Å²) in [5.41, 5.74) is 0.275.